The Kier molecular flexibility index (Phi) is 3.54. The van der Waals surface area contributed by atoms with E-state index in [1.54, 1.807) is 0 Å². The molecule has 1 aliphatic heterocycles. The molecule has 100 valence electrons. The van der Waals surface area contributed by atoms with Gasteiger partial charge < -0.3 is 5.11 Å². The Bertz CT molecular complexity index is 464. The molecule has 0 bridgehead atoms. The van der Waals surface area contributed by atoms with Crippen LogP contribution in [0.25, 0.3) is 0 Å². The molecular formula is C16H24OS. The molecule has 1 aliphatic rings. The lowest BCUT2D eigenvalue weighted by molar-refractivity contribution is 0.0150. The van der Waals surface area contributed by atoms with Gasteiger partial charge in [-0.15, -0.1) is 0 Å². The van der Waals surface area contributed by atoms with Crippen LogP contribution in [0.4, 0.5) is 0 Å². The topological polar surface area (TPSA) is 20.2 Å². The summed E-state index contributed by atoms with van der Waals surface area (Å²) in [5.41, 5.74) is 4.49. The highest BCUT2D eigenvalue weighted by molar-refractivity contribution is 7.99. The standard InChI is InChI=1S/C16H24OS/c1-11-6-13(3)14(7-12(11)2)16(17)8-15(4,5)9-18-10-16/h6-7,17H,8-10H2,1-5H3. The van der Waals surface area contributed by atoms with Crippen molar-refractivity contribution in [2.45, 2.75) is 46.6 Å². The first-order valence-corrected chi connectivity index (χ1v) is 7.77. The molecule has 1 heterocycles. The Balaban J connectivity index is 2.44. The zero-order chi connectivity index (χ0) is 13.6. The Morgan fingerprint density at radius 3 is 2.22 bits per heavy atom. The van der Waals surface area contributed by atoms with Crippen molar-refractivity contribution in [3.05, 3.63) is 34.4 Å². The zero-order valence-electron chi connectivity index (χ0n) is 12.1. The largest absolute Gasteiger partial charge is 0.384 e. The van der Waals surface area contributed by atoms with Gasteiger partial charge in [-0.3, -0.25) is 0 Å². The molecule has 2 heteroatoms. The second-order valence-electron chi connectivity index (χ2n) is 6.62. The molecule has 0 aromatic heterocycles. The van der Waals surface area contributed by atoms with Crippen LogP contribution in [-0.2, 0) is 5.60 Å². The number of benzene rings is 1. The van der Waals surface area contributed by atoms with Crippen LogP contribution < -0.4 is 0 Å². The zero-order valence-corrected chi connectivity index (χ0v) is 12.9. The van der Waals surface area contributed by atoms with Gasteiger partial charge in [0.1, 0.15) is 0 Å². The van der Waals surface area contributed by atoms with Crippen molar-refractivity contribution in [3.63, 3.8) is 0 Å². The van der Waals surface area contributed by atoms with Gasteiger partial charge >= 0.3 is 0 Å². The average molecular weight is 264 g/mol. The highest BCUT2D eigenvalue weighted by atomic mass is 32.2. The van der Waals surface area contributed by atoms with E-state index >= 15 is 0 Å². The molecule has 0 saturated carbocycles. The van der Waals surface area contributed by atoms with E-state index in [0.717, 1.165) is 23.5 Å². The van der Waals surface area contributed by atoms with Gasteiger partial charge in [0.25, 0.3) is 0 Å². The van der Waals surface area contributed by atoms with E-state index in [1.165, 1.54) is 16.7 Å². The van der Waals surface area contributed by atoms with Crippen molar-refractivity contribution in [2.24, 2.45) is 5.41 Å². The maximum Gasteiger partial charge on any atom is 0.0994 e. The van der Waals surface area contributed by atoms with Gasteiger partial charge in [0.2, 0.25) is 0 Å². The number of rotatable bonds is 1. The van der Waals surface area contributed by atoms with E-state index in [1.807, 2.05) is 11.8 Å². The molecule has 1 atom stereocenters. The third-order valence-corrected chi connectivity index (χ3v) is 5.61. The summed E-state index contributed by atoms with van der Waals surface area (Å²) in [6.07, 6.45) is 0.857. The molecule has 0 amide bonds. The Labute approximate surface area is 115 Å². The van der Waals surface area contributed by atoms with Crippen molar-refractivity contribution in [2.75, 3.05) is 11.5 Å². The highest BCUT2D eigenvalue weighted by Gasteiger charge is 2.41. The van der Waals surface area contributed by atoms with Gasteiger partial charge in [-0.2, -0.15) is 11.8 Å². The lowest BCUT2D eigenvalue weighted by atomic mass is 9.76. The molecule has 0 radical (unpaired) electrons. The van der Waals surface area contributed by atoms with E-state index in [4.69, 9.17) is 0 Å². The molecule has 1 saturated heterocycles. The molecule has 1 unspecified atom stereocenters. The molecule has 2 rings (SSSR count). The Morgan fingerprint density at radius 2 is 1.61 bits per heavy atom. The minimum absolute atomic E-state index is 0.211. The minimum atomic E-state index is -0.658. The van der Waals surface area contributed by atoms with Crippen molar-refractivity contribution in [3.8, 4) is 0 Å². The number of hydrogen-bond acceptors (Lipinski definition) is 2. The van der Waals surface area contributed by atoms with Crippen molar-refractivity contribution in [1.82, 2.24) is 0 Å². The molecule has 1 N–H and O–H groups in total. The maximum absolute atomic E-state index is 11.1. The Hall–Kier alpha value is -0.470. The summed E-state index contributed by atoms with van der Waals surface area (Å²) < 4.78 is 0. The van der Waals surface area contributed by atoms with E-state index in [9.17, 15) is 5.11 Å². The lowest BCUT2D eigenvalue weighted by Crippen LogP contribution is -2.40. The van der Waals surface area contributed by atoms with E-state index < -0.39 is 5.60 Å². The van der Waals surface area contributed by atoms with Crippen molar-refractivity contribution >= 4 is 11.8 Å². The molecule has 18 heavy (non-hydrogen) atoms. The first kappa shape index (κ1) is 14.0. The molecule has 1 aromatic rings. The number of thioether (sulfide) groups is 1. The van der Waals surface area contributed by atoms with Crippen LogP contribution in [0.2, 0.25) is 0 Å². The number of hydrogen-bond donors (Lipinski definition) is 1. The minimum Gasteiger partial charge on any atom is -0.384 e. The molecule has 1 fully saturated rings. The first-order chi connectivity index (χ1) is 8.23. The van der Waals surface area contributed by atoms with Crippen LogP contribution in [0, 0.1) is 26.2 Å². The number of aryl methyl sites for hydroxylation is 3. The van der Waals surface area contributed by atoms with Crippen LogP contribution in [-0.4, -0.2) is 16.6 Å². The van der Waals surface area contributed by atoms with Crippen LogP contribution in [0.15, 0.2) is 12.1 Å². The summed E-state index contributed by atoms with van der Waals surface area (Å²) in [4.78, 5) is 0. The quantitative estimate of drug-likeness (QED) is 0.828. The predicted octanol–water partition coefficient (Wildman–Crippen LogP) is 3.96. The highest BCUT2D eigenvalue weighted by Crippen LogP contribution is 2.45. The van der Waals surface area contributed by atoms with Gasteiger partial charge in [0.05, 0.1) is 5.60 Å². The SMILES string of the molecule is Cc1cc(C)c(C2(O)CSCC(C)(C)C2)cc1C. The molecule has 0 spiro atoms. The van der Waals surface area contributed by atoms with Crippen LogP contribution >= 0.6 is 11.8 Å². The van der Waals surface area contributed by atoms with E-state index in [2.05, 4.69) is 46.8 Å². The van der Waals surface area contributed by atoms with Crippen LogP contribution in [0.3, 0.4) is 0 Å². The Morgan fingerprint density at radius 1 is 1.00 bits per heavy atom. The van der Waals surface area contributed by atoms with Crippen molar-refractivity contribution in [1.29, 1.82) is 0 Å². The summed E-state index contributed by atoms with van der Waals surface area (Å²) in [6.45, 7) is 10.9. The fraction of sp³-hybridized carbons (Fsp3) is 0.625. The van der Waals surface area contributed by atoms with Crippen LogP contribution in [0.1, 0.15) is 42.5 Å². The van der Waals surface area contributed by atoms with Crippen molar-refractivity contribution < 1.29 is 5.11 Å². The summed E-state index contributed by atoms with van der Waals surface area (Å²) in [6, 6.07) is 4.39. The predicted molar refractivity (Wildman–Crippen MR) is 80.3 cm³/mol. The first-order valence-electron chi connectivity index (χ1n) is 6.62. The fourth-order valence-corrected chi connectivity index (χ4v) is 4.38. The summed E-state index contributed by atoms with van der Waals surface area (Å²) >= 11 is 1.87. The van der Waals surface area contributed by atoms with Gasteiger partial charge in [-0.1, -0.05) is 26.0 Å². The van der Waals surface area contributed by atoms with Gasteiger partial charge in [0.15, 0.2) is 0 Å². The normalized spacial score (nSPS) is 27.2. The fourth-order valence-electron chi connectivity index (χ4n) is 3.02. The molecular weight excluding hydrogens is 240 g/mol. The second-order valence-corrected chi connectivity index (χ2v) is 7.60. The van der Waals surface area contributed by atoms with E-state index in [0.29, 0.717) is 0 Å². The van der Waals surface area contributed by atoms with Crippen LogP contribution in [0.5, 0.6) is 0 Å². The smallest absolute Gasteiger partial charge is 0.0994 e. The van der Waals surface area contributed by atoms with Gasteiger partial charge in [-0.25, -0.2) is 0 Å². The maximum atomic E-state index is 11.1. The average Bonchev–Trinajstić information content (AvgIpc) is 2.21. The van der Waals surface area contributed by atoms with E-state index in [-0.39, 0.29) is 5.41 Å². The van der Waals surface area contributed by atoms with Gasteiger partial charge in [-0.05, 0) is 60.6 Å². The summed E-state index contributed by atoms with van der Waals surface area (Å²) in [7, 11) is 0. The molecule has 0 aliphatic carbocycles. The third kappa shape index (κ3) is 2.60. The lowest BCUT2D eigenvalue weighted by Gasteiger charge is -2.42. The molecule has 1 aromatic carbocycles. The third-order valence-electron chi connectivity index (χ3n) is 3.95. The summed E-state index contributed by atoms with van der Waals surface area (Å²) in [5.74, 6) is 1.96. The van der Waals surface area contributed by atoms with Gasteiger partial charge in [0, 0.05) is 5.75 Å². The molecule has 1 nitrogen and oxygen atoms in total. The monoisotopic (exact) mass is 264 g/mol. The number of aliphatic hydroxyl groups is 1. The second kappa shape index (κ2) is 4.57. The summed E-state index contributed by atoms with van der Waals surface area (Å²) in [5, 5.41) is 11.1.